The molecule has 17 heavy (non-hydrogen) atoms. The Hall–Kier alpha value is -1.26. The molecule has 2 bridgehead atoms. The highest BCUT2D eigenvalue weighted by atomic mass is 16.2. The number of hydrogen-bond donors (Lipinski definition) is 2. The SMILES string of the molecule is CC1(C)[C@H]2CC[C@@]1(C)[C@@H](n1[nH]c(=O)[nH]c1=O)C2. The van der Waals surface area contributed by atoms with E-state index in [1.807, 2.05) is 0 Å². The predicted octanol–water partition coefficient (Wildman–Crippen LogP) is 1.25. The lowest BCUT2D eigenvalue weighted by Gasteiger charge is -2.38. The average Bonchev–Trinajstić information content (AvgIpc) is 2.73. The van der Waals surface area contributed by atoms with E-state index in [1.165, 1.54) is 11.1 Å². The normalized spacial score (nSPS) is 38.8. The van der Waals surface area contributed by atoms with Crippen molar-refractivity contribution in [2.75, 3.05) is 0 Å². The van der Waals surface area contributed by atoms with Gasteiger partial charge < -0.3 is 0 Å². The van der Waals surface area contributed by atoms with Crippen molar-refractivity contribution >= 4 is 0 Å². The second-order valence-corrected chi connectivity index (χ2v) is 6.37. The van der Waals surface area contributed by atoms with Crippen LogP contribution in [-0.4, -0.2) is 14.8 Å². The molecular formula is C12H19N3O2. The zero-order chi connectivity index (χ0) is 12.4. The quantitative estimate of drug-likeness (QED) is 0.771. The van der Waals surface area contributed by atoms with Crippen molar-refractivity contribution in [3.05, 3.63) is 21.0 Å². The van der Waals surface area contributed by atoms with E-state index in [0.29, 0.717) is 5.92 Å². The largest absolute Gasteiger partial charge is 0.344 e. The molecule has 2 N–H and O–H groups in total. The van der Waals surface area contributed by atoms with Crippen LogP contribution in [0, 0.1) is 16.7 Å². The van der Waals surface area contributed by atoms with Crippen LogP contribution in [0.5, 0.6) is 0 Å². The van der Waals surface area contributed by atoms with Gasteiger partial charge in [0.1, 0.15) is 0 Å². The van der Waals surface area contributed by atoms with Crippen LogP contribution in [0.2, 0.25) is 0 Å². The number of aromatic nitrogens is 3. The molecule has 1 aromatic rings. The van der Waals surface area contributed by atoms with E-state index in [1.54, 1.807) is 0 Å². The molecule has 0 spiro atoms. The summed E-state index contributed by atoms with van der Waals surface area (Å²) in [7, 11) is 0. The van der Waals surface area contributed by atoms with E-state index >= 15 is 0 Å². The van der Waals surface area contributed by atoms with Crippen molar-refractivity contribution < 1.29 is 0 Å². The fourth-order valence-electron chi connectivity index (χ4n) is 4.12. The molecule has 94 valence electrons. The van der Waals surface area contributed by atoms with Crippen molar-refractivity contribution in [1.29, 1.82) is 0 Å². The Morgan fingerprint density at radius 2 is 2.00 bits per heavy atom. The molecule has 3 rings (SSSR count). The number of H-pyrrole nitrogens is 2. The maximum absolute atomic E-state index is 11.7. The third-order valence-corrected chi connectivity index (χ3v) is 5.72. The summed E-state index contributed by atoms with van der Waals surface area (Å²) in [5.74, 6) is 0.655. The van der Waals surface area contributed by atoms with E-state index in [0.717, 1.165) is 12.8 Å². The highest BCUT2D eigenvalue weighted by molar-refractivity contribution is 5.11. The Bertz CT molecular complexity index is 565. The van der Waals surface area contributed by atoms with Crippen LogP contribution < -0.4 is 11.4 Å². The minimum atomic E-state index is -0.404. The fraction of sp³-hybridized carbons (Fsp3) is 0.833. The number of fused-ring (bicyclic) bond motifs is 2. The van der Waals surface area contributed by atoms with Gasteiger partial charge in [-0.3, -0.25) is 4.98 Å². The molecule has 5 nitrogen and oxygen atoms in total. The van der Waals surface area contributed by atoms with Crippen molar-refractivity contribution in [1.82, 2.24) is 14.8 Å². The number of aromatic amines is 2. The summed E-state index contributed by atoms with van der Waals surface area (Å²) in [5.41, 5.74) is -0.360. The van der Waals surface area contributed by atoms with Crippen molar-refractivity contribution in [3.8, 4) is 0 Å². The van der Waals surface area contributed by atoms with Gasteiger partial charge >= 0.3 is 11.4 Å². The summed E-state index contributed by atoms with van der Waals surface area (Å²) in [6, 6.07) is 0.127. The summed E-state index contributed by atoms with van der Waals surface area (Å²) in [5, 5.41) is 2.63. The Labute approximate surface area is 99.2 Å². The monoisotopic (exact) mass is 237 g/mol. The van der Waals surface area contributed by atoms with Gasteiger partial charge in [0.25, 0.3) is 0 Å². The van der Waals surface area contributed by atoms with Gasteiger partial charge in [0.2, 0.25) is 0 Å². The molecule has 0 radical (unpaired) electrons. The third kappa shape index (κ3) is 1.14. The first-order chi connectivity index (χ1) is 7.86. The van der Waals surface area contributed by atoms with Gasteiger partial charge in [-0.25, -0.2) is 19.4 Å². The molecule has 1 aromatic heterocycles. The standard InChI is InChI=1S/C12H19N3O2/c1-11(2)7-4-5-12(11,3)8(6-7)15-10(17)13-9(16)14-15/h7-8H,4-6H2,1-3H3,(H2,13,14,16,17)/t7-,8-,12-/m0/s1. The number of hydrogen-bond acceptors (Lipinski definition) is 2. The smallest absolute Gasteiger partial charge is 0.257 e. The van der Waals surface area contributed by atoms with Crippen LogP contribution in [0.1, 0.15) is 46.1 Å². The summed E-state index contributed by atoms with van der Waals surface area (Å²) >= 11 is 0. The van der Waals surface area contributed by atoms with Gasteiger partial charge in [-0.15, -0.1) is 0 Å². The molecule has 5 heteroatoms. The zero-order valence-corrected chi connectivity index (χ0v) is 10.5. The summed E-state index contributed by atoms with van der Waals surface area (Å²) < 4.78 is 1.52. The van der Waals surface area contributed by atoms with Gasteiger partial charge in [0, 0.05) is 0 Å². The predicted molar refractivity (Wildman–Crippen MR) is 63.9 cm³/mol. The lowest BCUT2D eigenvalue weighted by molar-refractivity contribution is 0.0988. The van der Waals surface area contributed by atoms with Crippen LogP contribution in [-0.2, 0) is 0 Å². The Morgan fingerprint density at radius 3 is 2.41 bits per heavy atom. The molecule has 2 saturated carbocycles. The number of nitrogens with one attached hydrogen (secondary N) is 2. The topological polar surface area (TPSA) is 70.7 Å². The van der Waals surface area contributed by atoms with Crippen molar-refractivity contribution in [3.63, 3.8) is 0 Å². The van der Waals surface area contributed by atoms with E-state index in [2.05, 4.69) is 30.9 Å². The second-order valence-electron chi connectivity index (χ2n) is 6.37. The van der Waals surface area contributed by atoms with Crippen molar-refractivity contribution in [2.45, 2.75) is 46.1 Å². The van der Waals surface area contributed by atoms with Gasteiger partial charge in [-0.1, -0.05) is 20.8 Å². The Balaban J connectivity index is 2.11. The number of nitrogens with zero attached hydrogens (tertiary/aromatic N) is 1. The van der Waals surface area contributed by atoms with Crippen LogP contribution in [0.4, 0.5) is 0 Å². The summed E-state index contributed by atoms with van der Waals surface area (Å²) in [6.45, 7) is 6.84. The molecular weight excluding hydrogens is 218 g/mol. The minimum Gasteiger partial charge on any atom is -0.257 e. The maximum Gasteiger partial charge on any atom is 0.344 e. The summed E-state index contributed by atoms with van der Waals surface area (Å²) in [4.78, 5) is 25.2. The summed E-state index contributed by atoms with van der Waals surface area (Å²) in [6.07, 6.45) is 3.37. The first-order valence-electron chi connectivity index (χ1n) is 6.27. The van der Waals surface area contributed by atoms with E-state index in [9.17, 15) is 9.59 Å². The maximum atomic E-state index is 11.7. The van der Waals surface area contributed by atoms with Gasteiger partial charge in [0.05, 0.1) is 6.04 Å². The fourth-order valence-corrected chi connectivity index (χ4v) is 4.12. The van der Waals surface area contributed by atoms with Gasteiger partial charge in [0.15, 0.2) is 0 Å². The molecule has 0 aromatic carbocycles. The molecule has 0 saturated heterocycles. The Kier molecular flexibility index (Phi) is 1.88. The zero-order valence-electron chi connectivity index (χ0n) is 10.5. The molecule has 0 unspecified atom stereocenters. The molecule has 2 fully saturated rings. The van der Waals surface area contributed by atoms with Crippen LogP contribution in [0.25, 0.3) is 0 Å². The molecule has 2 aliphatic rings. The van der Waals surface area contributed by atoms with Crippen molar-refractivity contribution in [2.24, 2.45) is 16.7 Å². The third-order valence-electron chi connectivity index (χ3n) is 5.72. The Morgan fingerprint density at radius 1 is 1.29 bits per heavy atom. The lowest BCUT2D eigenvalue weighted by atomic mass is 9.69. The van der Waals surface area contributed by atoms with Crippen LogP contribution in [0.3, 0.4) is 0 Å². The second kappa shape index (κ2) is 2.94. The first-order valence-corrected chi connectivity index (χ1v) is 6.27. The number of rotatable bonds is 1. The molecule has 3 atom stereocenters. The van der Waals surface area contributed by atoms with E-state index < -0.39 is 5.69 Å². The molecule has 0 amide bonds. The molecule has 1 heterocycles. The highest BCUT2D eigenvalue weighted by Gasteiger charge is 2.62. The molecule has 2 aliphatic carbocycles. The first kappa shape index (κ1) is 10.9. The lowest BCUT2D eigenvalue weighted by Crippen LogP contribution is -2.37. The van der Waals surface area contributed by atoms with Crippen LogP contribution in [0.15, 0.2) is 9.59 Å². The van der Waals surface area contributed by atoms with Gasteiger partial charge in [-0.2, -0.15) is 0 Å². The highest BCUT2D eigenvalue weighted by Crippen LogP contribution is 2.69. The van der Waals surface area contributed by atoms with E-state index in [-0.39, 0.29) is 22.6 Å². The molecule has 0 aliphatic heterocycles. The minimum absolute atomic E-state index is 0.104. The van der Waals surface area contributed by atoms with Gasteiger partial charge in [-0.05, 0) is 36.0 Å². The van der Waals surface area contributed by atoms with E-state index in [4.69, 9.17) is 0 Å². The average molecular weight is 237 g/mol. The van der Waals surface area contributed by atoms with Crippen LogP contribution >= 0.6 is 0 Å².